The molecule has 0 aliphatic carbocycles. The van der Waals surface area contributed by atoms with E-state index < -0.39 is 0 Å². The van der Waals surface area contributed by atoms with E-state index in [1.807, 2.05) is 18.7 Å². The van der Waals surface area contributed by atoms with E-state index in [0.717, 1.165) is 13.0 Å². The number of likely N-dealkylation sites (tertiary alicyclic amines) is 1. The van der Waals surface area contributed by atoms with Crippen molar-refractivity contribution in [1.29, 1.82) is 0 Å². The lowest BCUT2D eigenvalue weighted by atomic mass is 10.3. The Balaban J connectivity index is 2.39. The Labute approximate surface area is 87.6 Å². The lowest BCUT2D eigenvalue weighted by Crippen LogP contribution is -2.38. The van der Waals surface area contributed by atoms with E-state index in [1.165, 1.54) is 0 Å². The quantitative estimate of drug-likeness (QED) is 0.706. The van der Waals surface area contributed by atoms with Crippen LogP contribution < -0.4 is 0 Å². The molecule has 76 valence electrons. The van der Waals surface area contributed by atoms with Crippen molar-refractivity contribution >= 4 is 21.8 Å². The molecule has 1 saturated heterocycles. The molecule has 4 heteroatoms. The van der Waals surface area contributed by atoms with Gasteiger partial charge in [-0.05, 0) is 20.3 Å². The topological polar surface area (TPSA) is 29.5 Å². The van der Waals surface area contributed by atoms with Gasteiger partial charge in [-0.15, -0.1) is 0 Å². The molecule has 0 spiro atoms. The van der Waals surface area contributed by atoms with Crippen LogP contribution in [0.5, 0.6) is 0 Å². The Kier molecular flexibility index (Phi) is 4.19. The van der Waals surface area contributed by atoms with Crippen molar-refractivity contribution in [2.24, 2.45) is 0 Å². The van der Waals surface area contributed by atoms with Gasteiger partial charge in [0.05, 0.1) is 17.5 Å². The molecular weight excluding hydrogens is 234 g/mol. The highest BCUT2D eigenvalue weighted by molar-refractivity contribution is 9.10. The standard InChI is InChI=1S/C9H16BrNO2/c1-3-13-6-7(2)11-5-4-8(10)9(11)12/h7-8H,3-6H2,1-2H3. The molecular formula is C9H16BrNO2. The Morgan fingerprint density at radius 3 is 2.92 bits per heavy atom. The van der Waals surface area contributed by atoms with Crippen molar-refractivity contribution in [2.75, 3.05) is 19.8 Å². The van der Waals surface area contributed by atoms with Crippen LogP contribution in [-0.4, -0.2) is 41.4 Å². The number of hydrogen-bond donors (Lipinski definition) is 0. The number of alkyl halides is 1. The van der Waals surface area contributed by atoms with E-state index >= 15 is 0 Å². The van der Waals surface area contributed by atoms with Crippen LogP contribution in [0.2, 0.25) is 0 Å². The highest BCUT2D eigenvalue weighted by atomic mass is 79.9. The Bertz CT molecular complexity index is 186. The molecule has 2 atom stereocenters. The number of carbonyl (C=O) groups excluding carboxylic acids is 1. The molecule has 1 amide bonds. The zero-order valence-electron chi connectivity index (χ0n) is 8.12. The van der Waals surface area contributed by atoms with Crippen LogP contribution in [0.15, 0.2) is 0 Å². The van der Waals surface area contributed by atoms with Crippen LogP contribution in [0.1, 0.15) is 20.3 Å². The maximum absolute atomic E-state index is 11.5. The van der Waals surface area contributed by atoms with Crippen LogP contribution >= 0.6 is 15.9 Å². The Hall–Kier alpha value is -0.0900. The van der Waals surface area contributed by atoms with Crippen molar-refractivity contribution in [2.45, 2.75) is 31.1 Å². The average Bonchev–Trinajstić information content (AvgIpc) is 2.44. The van der Waals surface area contributed by atoms with Gasteiger partial charge in [0, 0.05) is 13.2 Å². The first-order valence-corrected chi connectivity index (χ1v) is 5.60. The van der Waals surface area contributed by atoms with E-state index in [2.05, 4.69) is 15.9 Å². The molecule has 1 aliphatic rings. The van der Waals surface area contributed by atoms with Crippen molar-refractivity contribution in [1.82, 2.24) is 4.90 Å². The first kappa shape index (κ1) is 11.0. The monoisotopic (exact) mass is 249 g/mol. The summed E-state index contributed by atoms with van der Waals surface area (Å²) in [5, 5.41) is 0. The first-order valence-electron chi connectivity index (χ1n) is 4.69. The molecule has 0 bridgehead atoms. The number of ether oxygens (including phenoxy) is 1. The second-order valence-corrected chi connectivity index (χ2v) is 4.40. The lowest BCUT2D eigenvalue weighted by molar-refractivity contribution is -0.129. The summed E-state index contributed by atoms with van der Waals surface area (Å²) in [6, 6.07) is 0.204. The molecule has 0 aromatic carbocycles. The van der Waals surface area contributed by atoms with Gasteiger partial charge in [0.2, 0.25) is 5.91 Å². The third-order valence-corrected chi connectivity index (χ3v) is 3.12. The van der Waals surface area contributed by atoms with Crippen molar-refractivity contribution in [3.63, 3.8) is 0 Å². The van der Waals surface area contributed by atoms with Crippen LogP contribution in [0.3, 0.4) is 0 Å². The van der Waals surface area contributed by atoms with E-state index in [0.29, 0.717) is 13.2 Å². The van der Waals surface area contributed by atoms with Gasteiger partial charge in [-0.3, -0.25) is 4.79 Å². The van der Waals surface area contributed by atoms with Gasteiger partial charge in [-0.25, -0.2) is 0 Å². The number of rotatable bonds is 4. The average molecular weight is 250 g/mol. The SMILES string of the molecule is CCOCC(C)N1CCC(Br)C1=O. The van der Waals surface area contributed by atoms with Gasteiger partial charge in [-0.2, -0.15) is 0 Å². The zero-order valence-corrected chi connectivity index (χ0v) is 9.71. The van der Waals surface area contributed by atoms with Gasteiger partial charge >= 0.3 is 0 Å². The molecule has 0 aromatic heterocycles. The van der Waals surface area contributed by atoms with Crippen LogP contribution in [-0.2, 0) is 9.53 Å². The van der Waals surface area contributed by atoms with Crippen molar-refractivity contribution in [3.05, 3.63) is 0 Å². The number of hydrogen-bond acceptors (Lipinski definition) is 2. The minimum Gasteiger partial charge on any atom is -0.380 e. The number of nitrogens with zero attached hydrogens (tertiary/aromatic N) is 1. The summed E-state index contributed by atoms with van der Waals surface area (Å²) >= 11 is 3.35. The second-order valence-electron chi connectivity index (χ2n) is 3.30. The molecule has 1 aliphatic heterocycles. The predicted molar refractivity (Wildman–Crippen MR) is 55.0 cm³/mol. The molecule has 1 rings (SSSR count). The molecule has 13 heavy (non-hydrogen) atoms. The van der Waals surface area contributed by atoms with Crippen LogP contribution in [0, 0.1) is 0 Å². The number of amides is 1. The third kappa shape index (κ3) is 2.68. The smallest absolute Gasteiger partial charge is 0.236 e. The molecule has 0 N–H and O–H groups in total. The summed E-state index contributed by atoms with van der Waals surface area (Å²) in [5.74, 6) is 0.201. The Morgan fingerprint density at radius 2 is 2.46 bits per heavy atom. The molecule has 3 nitrogen and oxygen atoms in total. The van der Waals surface area contributed by atoms with Gasteiger partial charge in [0.25, 0.3) is 0 Å². The zero-order chi connectivity index (χ0) is 9.84. The number of halogens is 1. The summed E-state index contributed by atoms with van der Waals surface area (Å²) < 4.78 is 5.28. The molecule has 1 fully saturated rings. The van der Waals surface area contributed by atoms with Gasteiger partial charge in [-0.1, -0.05) is 15.9 Å². The fraction of sp³-hybridized carbons (Fsp3) is 0.889. The molecule has 0 aromatic rings. The summed E-state index contributed by atoms with van der Waals surface area (Å²) in [7, 11) is 0. The van der Waals surface area contributed by atoms with Gasteiger partial charge in [0.15, 0.2) is 0 Å². The van der Waals surface area contributed by atoms with Gasteiger partial charge in [0.1, 0.15) is 0 Å². The minimum atomic E-state index is 0.0246. The maximum atomic E-state index is 11.5. The largest absolute Gasteiger partial charge is 0.380 e. The fourth-order valence-electron chi connectivity index (χ4n) is 1.48. The highest BCUT2D eigenvalue weighted by Crippen LogP contribution is 2.20. The summed E-state index contributed by atoms with van der Waals surface area (Å²) in [6.45, 7) is 6.19. The van der Waals surface area contributed by atoms with Crippen LogP contribution in [0.25, 0.3) is 0 Å². The number of carbonyl (C=O) groups is 1. The maximum Gasteiger partial charge on any atom is 0.236 e. The third-order valence-electron chi connectivity index (χ3n) is 2.27. The normalized spacial score (nSPS) is 25.3. The highest BCUT2D eigenvalue weighted by Gasteiger charge is 2.32. The lowest BCUT2D eigenvalue weighted by Gasteiger charge is -2.23. The summed E-state index contributed by atoms with van der Waals surface area (Å²) in [5.41, 5.74) is 0. The van der Waals surface area contributed by atoms with Crippen molar-refractivity contribution in [3.8, 4) is 0 Å². The summed E-state index contributed by atoms with van der Waals surface area (Å²) in [6.07, 6.45) is 0.912. The van der Waals surface area contributed by atoms with Crippen molar-refractivity contribution < 1.29 is 9.53 Å². The molecule has 2 unspecified atom stereocenters. The molecule has 0 saturated carbocycles. The van der Waals surface area contributed by atoms with E-state index in [4.69, 9.17) is 4.74 Å². The molecule has 1 heterocycles. The second kappa shape index (κ2) is 4.96. The minimum absolute atomic E-state index is 0.0246. The van der Waals surface area contributed by atoms with E-state index in [9.17, 15) is 4.79 Å². The molecule has 0 radical (unpaired) electrons. The van der Waals surface area contributed by atoms with E-state index in [1.54, 1.807) is 0 Å². The van der Waals surface area contributed by atoms with Crippen LogP contribution in [0.4, 0.5) is 0 Å². The predicted octanol–water partition coefficient (Wildman–Crippen LogP) is 1.41. The summed E-state index contributed by atoms with van der Waals surface area (Å²) in [4.78, 5) is 13.4. The fourth-order valence-corrected chi connectivity index (χ4v) is 1.95. The van der Waals surface area contributed by atoms with E-state index in [-0.39, 0.29) is 16.8 Å². The first-order chi connectivity index (χ1) is 6.16. The Morgan fingerprint density at radius 1 is 1.77 bits per heavy atom. The van der Waals surface area contributed by atoms with Gasteiger partial charge < -0.3 is 9.64 Å².